The average molecular weight is 529 g/mol. The lowest BCUT2D eigenvalue weighted by atomic mass is 10.0. The molecule has 0 aliphatic carbocycles. The van der Waals surface area contributed by atoms with Crippen molar-refractivity contribution in [3.8, 4) is 0 Å². The number of rotatable bonds is 8. The van der Waals surface area contributed by atoms with Crippen molar-refractivity contribution in [2.45, 2.75) is 32.0 Å². The molecule has 1 heterocycles. The summed E-state index contributed by atoms with van der Waals surface area (Å²) < 4.78 is 49.0. The molecule has 1 saturated heterocycles. The van der Waals surface area contributed by atoms with Gasteiger partial charge in [-0.25, -0.2) is 0 Å². The molecule has 9 heteroatoms. The van der Waals surface area contributed by atoms with Crippen molar-refractivity contribution in [3.63, 3.8) is 0 Å². The first-order chi connectivity index (χ1) is 13.4. The van der Waals surface area contributed by atoms with E-state index in [1.807, 2.05) is 11.9 Å². The zero-order chi connectivity index (χ0) is 20.4. The van der Waals surface area contributed by atoms with Crippen molar-refractivity contribution >= 4 is 29.9 Å². The second-order valence-electron chi connectivity index (χ2n) is 7.01. The first-order valence-electron chi connectivity index (χ1n) is 9.63. The Kier molecular flexibility index (Phi) is 11.9. The van der Waals surface area contributed by atoms with Crippen molar-refractivity contribution in [2.75, 3.05) is 47.1 Å². The van der Waals surface area contributed by atoms with Gasteiger partial charge in [0, 0.05) is 53.6 Å². The molecule has 1 aliphatic rings. The van der Waals surface area contributed by atoms with Gasteiger partial charge in [-0.15, -0.1) is 24.0 Å². The summed E-state index contributed by atoms with van der Waals surface area (Å²) in [4.78, 5) is 6.11. The maximum absolute atomic E-state index is 12.6. The normalized spacial score (nSPS) is 15.7. The lowest BCUT2D eigenvalue weighted by Gasteiger charge is -2.23. The highest BCUT2D eigenvalue weighted by Gasteiger charge is 2.29. The number of benzene rings is 1. The van der Waals surface area contributed by atoms with E-state index < -0.39 is 11.7 Å². The van der Waals surface area contributed by atoms with Crippen LogP contribution in [0.15, 0.2) is 29.3 Å². The Morgan fingerprint density at radius 1 is 1.24 bits per heavy atom. The van der Waals surface area contributed by atoms with Crippen molar-refractivity contribution in [3.05, 3.63) is 35.4 Å². The quantitative estimate of drug-likeness (QED) is 0.238. The number of hydrogen-bond acceptors (Lipinski definition) is 3. The predicted molar refractivity (Wildman–Crippen MR) is 119 cm³/mol. The molecule has 1 aliphatic heterocycles. The summed E-state index contributed by atoms with van der Waals surface area (Å²) in [5.74, 6) is 1.30. The second kappa shape index (κ2) is 13.3. The van der Waals surface area contributed by atoms with Crippen molar-refractivity contribution in [1.29, 1.82) is 0 Å². The molecule has 29 heavy (non-hydrogen) atoms. The second-order valence-corrected chi connectivity index (χ2v) is 7.01. The van der Waals surface area contributed by atoms with Crippen LogP contribution in [0.4, 0.5) is 13.2 Å². The highest BCUT2D eigenvalue weighted by Crippen LogP contribution is 2.29. The first kappa shape index (κ1) is 26.0. The summed E-state index contributed by atoms with van der Waals surface area (Å²) in [5.41, 5.74) is 0.153. The van der Waals surface area contributed by atoms with E-state index in [1.165, 1.54) is 12.1 Å². The predicted octanol–water partition coefficient (Wildman–Crippen LogP) is 4.16. The summed E-state index contributed by atoms with van der Waals surface area (Å²) in [6, 6.07) is 5.21. The van der Waals surface area contributed by atoms with Crippen LogP contribution in [0.2, 0.25) is 0 Å². The Balaban J connectivity index is 0.00000420. The third-order valence-corrected chi connectivity index (χ3v) is 4.72. The van der Waals surface area contributed by atoms with Crippen LogP contribution in [0.1, 0.15) is 30.4 Å². The Bertz CT molecular complexity index is 606. The molecule has 5 nitrogen and oxygen atoms in total. The van der Waals surface area contributed by atoms with Gasteiger partial charge < -0.3 is 19.7 Å². The molecule has 1 aromatic carbocycles. The molecule has 0 bridgehead atoms. The number of halogens is 4. The third kappa shape index (κ3) is 9.52. The van der Waals surface area contributed by atoms with Gasteiger partial charge in [-0.05, 0) is 42.9 Å². The van der Waals surface area contributed by atoms with Gasteiger partial charge in [-0.1, -0.05) is 12.1 Å². The minimum atomic E-state index is -4.31. The zero-order valence-corrected chi connectivity index (χ0v) is 19.3. The number of aliphatic imine (C=N–C) groups is 1. The minimum absolute atomic E-state index is 0. The molecule has 166 valence electrons. The van der Waals surface area contributed by atoms with Crippen molar-refractivity contribution in [1.82, 2.24) is 10.2 Å². The monoisotopic (exact) mass is 529 g/mol. The van der Waals surface area contributed by atoms with Gasteiger partial charge in [0.15, 0.2) is 5.96 Å². The molecule has 0 aromatic heterocycles. The van der Waals surface area contributed by atoms with Gasteiger partial charge >= 0.3 is 6.18 Å². The molecule has 0 amide bonds. The first-order valence-corrected chi connectivity index (χ1v) is 9.63. The maximum atomic E-state index is 12.6. The Hall–Kier alpha value is -1.07. The summed E-state index contributed by atoms with van der Waals surface area (Å²) in [7, 11) is 3.54. The summed E-state index contributed by atoms with van der Waals surface area (Å²) in [5, 5.41) is 3.26. The largest absolute Gasteiger partial charge is 0.416 e. The van der Waals surface area contributed by atoms with E-state index in [1.54, 1.807) is 7.05 Å². The van der Waals surface area contributed by atoms with Crippen LogP contribution in [0.5, 0.6) is 0 Å². The van der Waals surface area contributed by atoms with E-state index in [2.05, 4.69) is 10.3 Å². The number of guanidine groups is 1. The zero-order valence-electron chi connectivity index (χ0n) is 17.0. The topological polar surface area (TPSA) is 46.1 Å². The number of ether oxygens (including phenoxy) is 2. The van der Waals surface area contributed by atoms with Crippen LogP contribution in [0.25, 0.3) is 0 Å². The fourth-order valence-corrected chi connectivity index (χ4v) is 3.07. The molecule has 1 fully saturated rings. The Morgan fingerprint density at radius 3 is 2.48 bits per heavy atom. The fraction of sp³-hybridized carbons (Fsp3) is 0.650. The molecule has 0 saturated carbocycles. The Labute approximate surface area is 188 Å². The number of nitrogens with zero attached hydrogens (tertiary/aromatic N) is 2. The molecule has 0 atom stereocenters. The maximum Gasteiger partial charge on any atom is 0.416 e. The summed E-state index contributed by atoms with van der Waals surface area (Å²) in [6.45, 7) is 4.32. The molecular formula is C20H31F3IN3O2. The number of nitrogens with one attached hydrogen (secondary N) is 1. The highest BCUT2D eigenvalue weighted by molar-refractivity contribution is 14.0. The SMILES string of the molecule is CN=C(NCCCOCC1CCOCC1)N(C)Cc1ccc(C(F)(F)F)cc1.I. The summed E-state index contributed by atoms with van der Waals surface area (Å²) in [6.07, 6.45) is -1.31. The van der Waals surface area contributed by atoms with Crippen LogP contribution in [-0.2, 0) is 22.2 Å². The van der Waals surface area contributed by atoms with Crippen LogP contribution in [0, 0.1) is 5.92 Å². The summed E-state index contributed by atoms with van der Waals surface area (Å²) >= 11 is 0. The van der Waals surface area contributed by atoms with Crippen LogP contribution >= 0.6 is 24.0 Å². The van der Waals surface area contributed by atoms with E-state index in [0.717, 1.165) is 63.3 Å². The molecule has 0 unspecified atom stereocenters. The lowest BCUT2D eigenvalue weighted by molar-refractivity contribution is -0.137. The van der Waals surface area contributed by atoms with Gasteiger partial charge in [0.25, 0.3) is 0 Å². The molecular weight excluding hydrogens is 498 g/mol. The van der Waals surface area contributed by atoms with Gasteiger partial charge in [0.1, 0.15) is 0 Å². The minimum Gasteiger partial charge on any atom is -0.381 e. The van der Waals surface area contributed by atoms with E-state index >= 15 is 0 Å². The molecule has 2 rings (SSSR count). The fourth-order valence-electron chi connectivity index (χ4n) is 3.07. The highest BCUT2D eigenvalue weighted by atomic mass is 127. The van der Waals surface area contributed by atoms with Gasteiger partial charge in [0.05, 0.1) is 5.56 Å². The molecule has 1 N–H and O–H groups in total. The van der Waals surface area contributed by atoms with E-state index in [9.17, 15) is 13.2 Å². The average Bonchev–Trinajstić information content (AvgIpc) is 2.68. The molecule has 1 aromatic rings. The number of hydrogen-bond donors (Lipinski definition) is 1. The lowest BCUT2D eigenvalue weighted by Crippen LogP contribution is -2.39. The molecule has 0 spiro atoms. The molecule has 0 radical (unpaired) electrons. The van der Waals surface area contributed by atoms with Gasteiger partial charge in [-0.2, -0.15) is 13.2 Å². The van der Waals surface area contributed by atoms with Gasteiger partial charge in [-0.3, -0.25) is 4.99 Å². The van der Waals surface area contributed by atoms with Gasteiger partial charge in [0.2, 0.25) is 0 Å². The third-order valence-electron chi connectivity index (χ3n) is 4.72. The standard InChI is InChI=1S/C20H30F3N3O2.HI/c1-24-19(25-10-3-11-28-15-17-8-12-27-13-9-17)26(2)14-16-4-6-18(7-5-16)20(21,22)23;/h4-7,17H,3,8-15H2,1-2H3,(H,24,25);1H. The van der Waals surface area contributed by atoms with E-state index in [0.29, 0.717) is 25.0 Å². The van der Waals surface area contributed by atoms with Crippen molar-refractivity contribution in [2.24, 2.45) is 10.9 Å². The van der Waals surface area contributed by atoms with Crippen LogP contribution in [0.3, 0.4) is 0 Å². The smallest absolute Gasteiger partial charge is 0.381 e. The van der Waals surface area contributed by atoms with E-state index in [-0.39, 0.29) is 24.0 Å². The Morgan fingerprint density at radius 2 is 1.90 bits per heavy atom. The van der Waals surface area contributed by atoms with Crippen LogP contribution in [-0.4, -0.2) is 57.9 Å². The number of alkyl halides is 3. The van der Waals surface area contributed by atoms with Crippen molar-refractivity contribution < 1.29 is 22.6 Å². The van der Waals surface area contributed by atoms with Crippen LogP contribution < -0.4 is 5.32 Å². The van der Waals surface area contributed by atoms with E-state index in [4.69, 9.17) is 9.47 Å².